The third-order valence-electron chi connectivity index (χ3n) is 6.47. The molecule has 5 rings (SSSR count). The van der Waals surface area contributed by atoms with Gasteiger partial charge in [-0.15, -0.1) is 0 Å². The fourth-order valence-electron chi connectivity index (χ4n) is 4.46. The van der Waals surface area contributed by atoms with E-state index in [2.05, 4.69) is 10.3 Å². The average molecular weight is 543 g/mol. The molecule has 4 aromatic rings. The highest BCUT2D eigenvalue weighted by molar-refractivity contribution is 6.14. The van der Waals surface area contributed by atoms with Gasteiger partial charge >= 0.3 is 5.97 Å². The van der Waals surface area contributed by atoms with Crippen LogP contribution in [0.15, 0.2) is 72.6 Å². The zero-order chi connectivity index (χ0) is 28.2. The summed E-state index contributed by atoms with van der Waals surface area (Å²) in [5.41, 5.74) is 2.61. The molecule has 0 spiro atoms. The molecule has 2 heterocycles. The molecule has 10 heteroatoms. The molecule has 0 unspecified atom stereocenters. The van der Waals surface area contributed by atoms with Crippen molar-refractivity contribution in [2.45, 2.75) is 12.5 Å². The van der Waals surface area contributed by atoms with E-state index in [1.807, 2.05) is 24.3 Å². The number of methoxy groups -OCH3 is 2. The van der Waals surface area contributed by atoms with Crippen LogP contribution in [0.4, 0.5) is 0 Å². The molecule has 0 bridgehead atoms. The number of hydrogen-bond donors (Lipinski definition) is 3. The van der Waals surface area contributed by atoms with E-state index in [0.29, 0.717) is 22.6 Å². The highest BCUT2D eigenvalue weighted by atomic mass is 16.5. The summed E-state index contributed by atoms with van der Waals surface area (Å²) in [4.78, 5) is 40.4. The van der Waals surface area contributed by atoms with Gasteiger partial charge in [-0.3, -0.25) is 9.59 Å². The minimum atomic E-state index is -1.16. The first-order valence-corrected chi connectivity index (χ1v) is 12.4. The minimum absolute atomic E-state index is 0.0954. The number of benzene rings is 3. The van der Waals surface area contributed by atoms with Gasteiger partial charge in [-0.1, -0.05) is 18.2 Å². The van der Waals surface area contributed by atoms with Crippen LogP contribution in [0.1, 0.15) is 21.5 Å². The van der Waals surface area contributed by atoms with Crippen molar-refractivity contribution in [1.29, 1.82) is 0 Å². The summed E-state index contributed by atoms with van der Waals surface area (Å²) in [5, 5.41) is 13.1. The van der Waals surface area contributed by atoms with Gasteiger partial charge in [0.2, 0.25) is 5.78 Å². The first kappa shape index (κ1) is 26.4. The number of aliphatic carboxylic acids is 1. The molecule has 0 fully saturated rings. The number of H-pyrrole nitrogens is 1. The maximum Gasteiger partial charge on any atom is 0.326 e. The van der Waals surface area contributed by atoms with Crippen molar-refractivity contribution in [2.75, 3.05) is 20.8 Å². The predicted molar refractivity (Wildman–Crippen MR) is 146 cm³/mol. The van der Waals surface area contributed by atoms with E-state index in [0.717, 1.165) is 16.5 Å². The number of ether oxygens (including phenoxy) is 4. The lowest BCUT2D eigenvalue weighted by Crippen LogP contribution is -2.44. The van der Waals surface area contributed by atoms with Crippen LogP contribution < -0.4 is 24.3 Å². The zero-order valence-electron chi connectivity index (χ0n) is 21.7. The Balaban J connectivity index is 1.23. The zero-order valence-corrected chi connectivity index (χ0v) is 21.7. The summed E-state index contributed by atoms with van der Waals surface area (Å²) in [6.07, 6.45) is 3.41. The van der Waals surface area contributed by atoms with Gasteiger partial charge in [0, 0.05) is 35.2 Å². The molecule has 1 aliphatic rings. The molecule has 0 radical (unpaired) electrons. The van der Waals surface area contributed by atoms with E-state index in [-0.39, 0.29) is 29.5 Å². The van der Waals surface area contributed by atoms with Gasteiger partial charge in [-0.25, -0.2) is 4.79 Å². The minimum Gasteiger partial charge on any atom is -0.497 e. The third-order valence-corrected chi connectivity index (χ3v) is 6.47. The molecule has 40 heavy (non-hydrogen) atoms. The number of Topliss-reactive ketones (excluding diaryl/α,β-unsaturated/α-hetero) is 1. The summed E-state index contributed by atoms with van der Waals surface area (Å²) in [6.45, 7) is -0.423. The SMILES string of the molecule is COc1ccc(OC)c(/C=C2\Oc3cc(OCC(=O)N[C@H](Cc4c[nH]c5ccccc45)C(=O)O)ccc3C2=O)c1. The third kappa shape index (κ3) is 5.46. The highest BCUT2D eigenvalue weighted by Crippen LogP contribution is 2.36. The van der Waals surface area contributed by atoms with Gasteiger partial charge < -0.3 is 34.4 Å². The van der Waals surface area contributed by atoms with Crippen molar-refractivity contribution in [3.05, 3.63) is 89.3 Å². The van der Waals surface area contributed by atoms with E-state index in [1.165, 1.54) is 13.2 Å². The number of aromatic nitrogens is 1. The topological polar surface area (TPSA) is 136 Å². The number of fused-ring (bicyclic) bond motifs is 2. The van der Waals surface area contributed by atoms with Crippen molar-refractivity contribution in [3.63, 3.8) is 0 Å². The molecule has 0 saturated heterocycles. The quantitative estimate of drug-likeness (QED) is 0.256. The average Bonchev–Trinajstić information content (AvgIpc) is 3.51. The van der Waals surface area contributed by atoms with Gasteiger partial charge in [-0.05, 0) is 48.0 Å². The molecule has 3 aromatic carbocycles. The number of ketones is 1. The fraction of sp³-hybridized carbons (Fsp3) is 0.167. The molecule has 204 valence electrons. The smallest absolute Gasteiger partial charge is 0.326 e. The van der Waals surface area contributed by atoms with Gasteiger partial charge in [0.05, 0.1) is 19.8 Å². The summed E-state index contributed by atoms with van der Waals surface area (Å²) in [6, 6.07) is 16.2. The van der Waals surface area contributed by atoms with Crippen molar-refractivity contribution < 1.29 is 38.4 Å². The van der Waals surface area contributed by atoms with E-state index in [1.54, 1.807) is 49.7 Å². The second-order valence-corrected chi connectivity index (χ2v) is 9.02. The van der Waals surface area contributed by atoms with Crippen molar-refractivity contribution >= 4 is 34.6 Å². The van der Waals surface area contributed by atoms with Gasteiger partial charge in [0.15, 0.2) is 12.4 Å². The molecular formula is C30H26N2O8. The molecular weight excluding hydrogens is 516 g/mol. The Hall–Kier alpha value is -5.25. The Morgan fingerprint density at radius 1 is 1.05 bits per heavy atom. The lowest BCUT2D eigenvalue weighted by atomic mass is 10.1. The number of carbonyl (C=O) groups excluding carboxylic acids is 2. The van der Waals surface area contributed by atoms with Crippen molar-refractivity contribution in [3.8, 4) is 23.0 Å². The van der Waals surface area contributed by atoms with Crippen molar-refractivity contribution in [1.82, 2.24) is 10.3 Å². The molecule has 10 nitrogen and oxygen atoms in total. The number of para-hydroxylation sites is 1. The Kier molecular flexibility index (Phi) is 7.41. The molecule has 3 N–H and O–H groups in total. The maximum absolute atomic E-state index is 12.9. The van der Waals surface area contributed by atoms with Crippen LogP contribution in [0.2, 0.25) is 0 Å². The summed E-state index contributed by atoms with van der Waals surface area (Å²) >= 11 is 0. The number of nitrogens with one attached hydrogen (secondary N) is 2. The predicted octanol–water partition coefficient (Wildman–Crippen LogP) is 3.99. The Morgan fingerprint density at radius 3 is 2.62 bits per heavy atom. The summed E-state index contributed by atoms with van der Waals surface area (Å²) in [7, 11) is 3.07. The van der Waals surface area contributed by atoms with E-state index >= 15 is 0 Å². The van der Waals surface area contributed by atoms with Gasteiger partial charge in [-0.2, -0.15) is 0 Å². The largest absolute Gasteiger partial charge is 0.497 e. The second kappa shape index (κ2) is 11.2. The van der Waals surface area contributed by atoms with Gasteiger partial charge in [0.1, 0.15) is 29.0 Å². The first-order valence-electron chi connectivity index (χ1n) is 12.4. The fourth-order valence-corrected chi connectivity index (χ4v) is 4.46. The maximum atomic E-state index is 12.9. The lowest BCUT2D eigenvalue weighted by molar-refractivity contribution is -0.142. The Bertz CT molecular complexity index is 1640. The molecule has 1 aromatic heterocycles. The number of aromatic amines is 1. The number of carboxylic acids is 1. The first-order chi connectivity index (χ1) is 19.4. The van der Waals surface area contributed by atoms with Crippen LogP contribution in [0.25, 0.3) is 17.0 Å². The normalized spacial score (nSPS) is 13.9. The standard InChI is InChI=1S/C30H26N2O8/c1-37-19-8-10-25(38-2)17(11-19)13-27-29(34)22-9-7-20(14-26(22)40-27)39-16-28(33)32-24(30(35)36)12-18-15-31-23-6-4-3-5-21(18)23/h3-11,13-15,24,31H,12,16H2,1-2H3,(H,32,33)(H,35,36)/b27-13-/t24-/m1/s1. The number of rotatable bonds is 10. The molecule has 1 amide bonds. The summed E-state index contributed by atoms with van der Waals surface area (Å²) in [5.74, 6) is -0.283. The van der Waals surface area contributed by atoms with Crippen LogP contribution in [0.3, 0.4) is 0 Å². The van der Waals surface area contributed by atoms with E-state index < -0.39 is 24.5 Å². The summed E-state index contributed by atoms with van der Waals surface area (Å²) < 4.78 is 22.0. The van der Waals surface area contributed by atoms with Crippen LogP contribution in [0.5, 0.6) is 23.0 Å². The van der Waals surface area contributed by atoms with E-state index in [9.17, 15) is 19.5 Å². The number of carboxylic acid groups (broad SMARTS) is 1. The number of allylic oxidation sites excluding steroid dienone is 1. The lowest BCUT2D eigenvalue weighted by Gasteiger charge is -2.15. The second-order valence-electron chi connectivity index (χ2n) is 9.02. The highest BCUT2D eigenvalue weighted by Gasteiger charge is 2.28. The van der Waals surface area contributed by atoms with Gasteiger partial charge in [0.25, 0.3) is 5.91 Å². The van der Waals surface area contributed by atoms with Crippen LogP contribution >= 0.6 is 0 Å². The molecule has 0 saturated carbocycles. The molecule has 0 aliphatic carbocycles. The number of hydrogen-bond acceptors (Lipinski definition) is 7. The van der Waals surface area contributed by atoms with Crippen molar-refractivity contribution in [2.24, 2.45) is 0 Å². The molecule has 1 aliphatic heterocycles. The van der Waals surface area contributed by atoms with E-state index in [4.69, 9.17) is 18.9 Å². The number of carbonyl (C=O) groups is 3. The Labute approximate surface area is 229 Å². The van der Waals surface area contributed by atoms with Crippen LogP contribution in [0, 0.1) is 0 Å². The van der Waals surface area contributed by atoms with Crippen LogP contribution in [-0.2, 0) is 16.0 Å². The molecule has 1 atom stereocenters. The Morgan fingerprint density at radius 2 is 1.85 bits per heavy atom. The monoisotopic (exact) mass is 542 g/mol. The number of amides is 1. The van der Waals surface area contributed by atoms with Crippen LogP contribution in [-0.4, -0.2) is 54.6 Å².